The molecular weight excluding hydrogens is 676 g/mol. The minimum absolute atomic E-state index is 0.0385. The third kappa shape index (κ3) is 6.39. The monoisotopic (exact) mass is 720 g/mol. The Labute approximate surface area is 321 Å². The van der Waals surface area contributed by atoms with Gasteiger partial charge in [0.25, 0.3) is 0 Å². The second kappa shape index (κ2) is 13.1. The van der Waals surface area contributed by atoms with E-state index in [1.54, 1.807) is 0 Å². The summed E-state index contributed by atoms with van der Waals surface area (Å²) in [6.45, 7) is 11.2. The summed E-state index contributed by atoms with van der Waals surface area (Å²) in [6, 6.07) is 39.5. The molecule has 0 bridgehead atoms. The van der Waals surface area contributed by atoms with E-state index < -0.39 is 0 Å². The quantitative estimate of drug-likeness (QED) is 0.174. The van der Waals surface area contributed by atoms with Crippen LogP contribution < -0.4 is 10.6 Å². The molecule has 0 radical (unpaired) electrons. The predicted octanol–water partition coefficient (Wildman–Crippen LogP) is 12.2. The topological polar surface area (TPSA) is 49.8 Å². The Balaban J connectivity index is 0.996. The van der Waals surface area contributed by atoms with Crippen molar-refractivity contribution in [2.75, 3.05) is 5.32 Å². The lowest BCUT2D eigenvalue weighted by Gasteiger charge is -2.30. The molecule has 2 aromatic heterocycles. The Morgan fingerprint density at radius 3 is 2.09 bits per heavy atom. The normalized spacial score (nSPS) is 17.4. The minimum Gasteiger partial charge on any atom is -0.372 e. The van der Waals surface area contributed by atoms with Crippen LogP contribution in [0.1, 0.15) is 85.8 Å². The molecule has 3 unspecified atom stereocenters. The number of hydrogen-bond donors (Lipinski definition) is 2. The summed E-state index contributed by atoms with van der Waals surface area (Å²) >= 11 is 0. The number of anilines is 1. The van der Waals surface area contributed by atoms with Crippen LogP contribution in [-0.4, -0.2) is 9.97 Å². The molecule has 4 nitrogen and oxygen atoms in total. The van der Waals surface area contributed by atoms with Crippen LogP contribution in [0, 0.1) is 0 Å². The Morgan fingerprint density at radius 2 is 1.31 bits per heavy atom. The second-order valence-electron chi connectivity index (χ2n) is 16.4. The van der Waals surface area contributed by atoms with Crippen LogP contribution in [0.15, 0.2) is 139 Å². The molecule has 0 spiro atoms. The van der Waals surface area contributed by atoms with Gasteiger partial charge >= 0.3 is 0 Å². The first-order valence-electron chi connectivity index (χ1n) is 18.8. The highest BCUT2D eigenvalue weighted by Gasteiger charge is 2.27. The smallest absolute Gasteiger partial charge is 0.0947 e. The molecule has 5 heteroatoms. The standard InChI is InChI=1S/C49H45N4P/c1-48(2,3)38-21-13-30(14-22-38)40-25-17-32-9-11-34-19-27-42(52-46(34)44(32)50-40)36-7-6-8-37(29-36)43-28-20-35-12-10-33-18-26-41(51-45(33)47(35)53-43)31-15-23-39(24-16-31)49(4,5)54/h6-29,41,46,51-52H,54H2,1-5H3. The van der Waals surface area contributed by atoms with Crippen molar-refractivity contribution in [2.24, 2.45) is 0 Å². The molecule has 4 aromatic carbocycles. The van der Waals surface area contributed by atoms with E-state index in [4.69, 9.17) is 9.97 Å². The molecule has 3 atom stereocenters. The third-order valence-corrected chi connectivity index (χ3v) is 11.3. The Morgan fingerprint density at radius 1 is 0.611 bits per heavy atom. The fourth-order valence-corrected chi connectivity index (χ4v) is 7.88. The Bertz CT molecular complexity index is 2560. The van der Waals surface area contributed by atoms with E-state index in [2.05, 4.69) is 200 Å². The summed E-state index contributed by atoms with van der Waals surface area (Å²) in [6.07, 6.45) is 13.3. The lowest BCUT2D eigenvalue weighted by atomic mass is 9.86. The number of aromatic nitrogens is 2. The summed E-state index contributed by atoms with van der Waals surface area (Å²) in [5.74, 6) is 0. The first-order valence-corrected chi connectivity index (χ1v) is 19.4. The molecule has 0 saturated heterocycles. The maximum Gasteiger partial charge on any atom is 0.0947 e. The summed E-state index contributed by atoms with van der Waals surface area (Å²) in [4.78, 5) is 10.6. The molecule has 6 aromatic rings. The van der Waals surface area contributed by atoms with Gasteiger partial charge < -0.3 is 10.6 Å². The van der Waals surface area contributed by atoms with Crippen molar-refractivity contribution in [1.29, 1.82) is 0 Å². The van der Waals surface area contributed by atoms with E-state index in [9.17, 15) is 0 Å². The van der Waals surface area contributed by atoms with Gasteiger partial charge in [-0.15, -0.1) is 9.24 Å². The zero-order valence-electron chi connectivity index (χ0n) is 31.5. The second-order valence-corrected chi connectivity index (χ2v) is 17.8. The maximum absolute atomic E-state index is 5.30. The largest absolute Gasteiger partial charge is 0.372 e. The van der Waals surface area contributed by atoms with Gasteiger partial charge in [0.2, 0.25) is 0 Å². The van der Waals surface area contributed by atoms with Crippen LogP contribution in [0.3, 0.4) is 0 Å². The molecule has 9 rings (SSSR count). The number of nitrogens with zero attached hydrogens (tertiary/aromatic N) is 2. The molecule has 0 saturated carbocycles. The lowest BCUT2D eigenvalue weighted by Crippen LogP contribution is -2.27. The number of fused-ring (bicyclic) bond motifs is 6. The summed E-state index contributed by atoms with van der Waals surface area (Å²) < 4.78 is 0. The number of benzene rings is 4. The van der Waals surface area contributed by atoms with Crippen molar-refractivity contribution in [1.82, 2.24) is 15.3 Å². The molecule has 3 aliphatic rings. The van der Waals surface area contributed by atoms with Gasteiger partial charge in [0.1, 0.15) is 0 Å². The number of allylic oxidation sites excluding steroid dienone is 2. The van der Waals surface area contributed by atoms with Gasteiger partial charge in [-0.25, -0.2) is 9.97 Å². The van der Waals surface area contributed by atoms with Crippen molar-refractivity contribution in [3.8, 4) is 22.5 Å². The van der Waals surface area contributed by atoms with Crippen molar-refractivity contribution in [3.63, 3.8) is 0 Å². The van der Waals surface area contributed by atoms with Gasteiger partial charge in [0.05, 0.1) is 40.4 Å². The summed E-state index contributed by atoms with van der Waals surface area (Å²) in [5, 5.41) is 8.83. The molecule has 0 amide bonds. The van der Waals surface area contributed by atoms with Crippen molar-refractivity contribution >= 4 is 43.7 Å². The fourth-order valence-electron chi connectivity index (χ4n) is 7.69. The van der Waals surface area contributed by atoms with Crippen molar-refractivity contribution in [3.05, 3.63) is 178 Å². The van der Waals surface area contributed by atoms with Gasteiger partial charge in [-0.05, 0) is 68.6 Å². The molecule has 1 aliphatic carbocycles. The van der Waals surface area contributed by atoms with Crippen LogP contribution in [0.5, 0.6) is 0 Å². The van der Waals surface area contributed by atoms with E-state index in [1.165, 1.54) is 22.3 Å². The number of nitrogens with one attached hydrogen (secondary N) is 2. The van der Waals surface area contributed by atoms with E-state index in [-0.39, 0.29) is 22.7 Å². The summed E-state index contributed by atoms with van der Waals surface area (Å²) in [5.41, 5.74) is 16.9. The highest BCUT2D eigenvalue weighted by atomic mass is 31.0. The van der Waals surface area contributed by atoms with Gasteiger partial charge in [0.15, 0.2) is 0 Å². The maximum atomic E-state index is 5.30. The van der Waals surface area contributed by atoms with Crippen LogP contribution >= 0.6 is 9.24 Å². The van der Waals surface area contributed by atoms with E-state index in [0.29, 0.717) is 0 Å². The third-order valence-electron chi connectivity index (χ3n) is 11.0. The van der Waals surface area contributed by atoms with Gasteiger partial charge in [-0.1, -0.05) is 156 Å². The van der Waals surface area contributed by atoms with Crippen molar-refractivity contribution < 1.29 is 0 Å². The lowest BCUT2D eigenvalue weighted by molar-refractivity contribution is 0.590. The fraction of sp³-hybridized carbons (Fsp3) is 0.184. The summed E-state index contributed by atoms with van der Waals surface area (Å²) in [7, 11) is 2.94. The predicted molar refractivity (Wildman–Crippen MR) is 231 cm³/mol. The average molecular weight is 721 g/mol. The molecule has 54 heavy (non-hydrogen) atoms. The SMILES string of the molecule is CC(C)(C)c1ccc(-c2ccc3c(n2)C2NC(c4cccc(-c5ccc6ccc7c(c6n5)NC(c5ccc(C(C)(C)P)cc5)C=C7)c4)=CC=C2C=C3)cc1. The number of pyridine rings is 2. The molecular formula is C49H45N4P. The first-order chi connectivity index (χ1) is 26.0. The minimum atomic E-state index is -0.0385. The zero-order valence-corrected chi connectivity index (χ0v) is 32.6. The Kier molecular flexibility index (Phi) is 8.28. The van der Waals surface area contributed by atoms with Crippen LogP contribution in [-0.2, 0) is 10.6 Å². The van der Waals surface area contributed by atoms with E-state index in [0.717, 1.165) is 67.2 Å². The number of hydrogen-bond acceptors (Lipinski definition) is 4. The van der Waals surface area contributed by atoms with Gasteiger partial charge in [-0.3, -0.25) is 0 Å². The molecule has 2 N–H and O–H groups in total. The molecule has 0 fully saturated rings. The van der Waals surface area contributed by atoms with Crippen molar-refractivity contribution in [2.45, 2.75) is 57.3 Å². The first kappa shape index (κ1) is 34.2. The Hall–Kier alpha value is -5.57. The highest BCUT2D eigenvalue weighted by Crippen LogP contribution is 2.40. The number of dihydropyridines is 1. The van der Waals surface area contributed by atoms with Gasteiger partial charge in [-0.2, -0.15) is 0 Å². The molecule has 4 heterocycles. The number of rotatable bonds is 5. The van der Waals surface area contributed by atoms with Crippen LogP contribution in [0.4, 0.5) is 5.69 Å². The van der Waals surface area contributed by atoms with Gasteiger partial charge in [0, 0.05) is 27.4 Å². The molecule has 2 aliphatic heterocycles. The van der Waals surface area contributed by atoms with E-state index in [1.807, 2.05) is 0 Å². The van der Waals surface area contributed by atoms with Crippen LogP contribution in [0.2, 0.25) is 0 Å². The van der Waals surface area contributed by atoms with E-state index >= 15 is 0 Å². The highest BCUT2D eigenvalue weighted by molar-refractivity contribution is 7.18. The average Bonchev–Trinajstić information content (AvgIpc) is 3.19. The zero-order chi connectivity index (χ0) is 37.2. The molecule has 266 valence electrons. The van der Waals surface area contributed by atoms with Crippen LogP contribution in [0.25, 0.3) is 51.3 Å².